The number of halogens is 2. The van der Waals surface area contributed by atoms with E-state index in [1.807, 2.05) is 6.07 Å². The number of pyridine rings is 1. The summed E-state index contributed by atoms with van der Waals surface area (Å²) < 4.78 is 0. The first-order valence-corrected chi connectivity index (χ1v) is 7.53. The van der Waals surface area contributed by atoms with Gasteiger partial charge in [-0.1, -0.05) is 29.3 Å². The van der Waals surface area contributed by atoms with Crippen LogP contribution in [0, 0.1) is 0 Å². The van der Waals surface area contributed by atoms with Crippen LogP contribution in [0.4, 0.5) is 11.4 Å². The summed E-state index contributed by atoms with van der Waals surface area (Å²) in [5, 5.41) is 4.16. The van der Waals surface area contributed by atoms with Gasteiger partial charge in [-0.15, -0.1) is 11.3 Å². The maximum absolute atomic E-state index is 12.4. The van der Waals surface area contributed by atoms with Crippen molar-refractivity contribution in [3.63, 3.8) is 0 Å². The zero-order chi connectivity index (χ0) is 15.0. The molecule has 0 aliphatic carbocycles. The van der Waals surface area contributed by atoms with Gasteiger partial charge in [-0.2, -0.15) is 0 Å². The molecule has 0 spiro atoms. The molecule has 0 saturated carbocycles. The van der Waals surface area contributed by atoms with E-state index in [1.165, 1.54) is 11.3 Å². The molecular weight excluding hydrogens is 329 g/mol. The lowest BCUT2D eigenvalue weighted by Gasteiger charge is -2.07. The van der Waals surface area contributed by atoms with E-state index in [0.29, 0.717) is 26.3 Å². The van der Waals surface area contributed by atoms with Crippen molar-refractivity contribution in [2.45, 2.75) is 0 Å². The topological polar surface area (TPSA) is 68.0 Å². The van der Waals surface area contributed by atoms with Crippen molar-refractivity contribution in [2.24, 2.45) is 0 Å². The Balaban J connectivity index is 1.97. The van der Waals surface area contributed by atoms with Gasteiger partial charge in [-0.05, 0) is 24.3 Å². The quantitative estimate of drug-likeness (QED) is 0.726. The predicted molar refractivity (Wildman–Crippen MR) is 88.4 cm³/mol. The first kappa shape index (κ1) is 14.1. The molecule has 0 unspecified atom stereocenters. The van der Waals surface area contributed by atoms with E-state index in [0.717, 1.165) is 10.2 Å². The molecule has 3 aromatic rings. The zero-order valence-electron chi connectivity index (χ0n) is 10.6. The lowest BCUT2D eigenvalue weighted by atomic mass is 10.2. The highest BCUT2D eigenvalue weighted by Crippen LogP contribution is 2.34. The molecule has 2 heterocycles. The van der Waals surface area contributed by atoms with Crippen molar-refractivity contribution < 1.29 is 4.79 Å². The molecule has 1 amide bonds. The molecule has 106 valence electrons. The summed E-state index contributed by atoms with van der Waals surface area (Å²) in [4.78, 5) is 17.7. The molecule has 2 aromatic heterocycles. The molecule has 21 heavy (non-hydrogen) atoms. The smallest absolute Gasteiger partial charge is 0.267 e. The van der Waals surface area contributed by atoms with Crippen LogP contribution in [0.5, 0.6) is 0 Å². The van der Waals surface area contributed by atoms with Gasteiger partial charge in [0.2, 0.25) is 0 Å². The van der Waals surface area contributed by atoms with Crippen LogP contribution in [-0.2, 0) is 0 Å². The standard InChI is InChI=1S/C14H9Cl2N3OS/c15-8-4-1-5-9(10(8)16)19-13(20)12-11(17)7-3-2-6-18-14(7)21-12/h1-6H,17H2,(H,19,20). The van der Waals surface area contributed by atoms with Crippen LogP contribution in [0.1, 0.15) is 9.67 Å². The fourth-order valence-corrected chi connectivity index (χ4v) is 3.21. The number of nitrogens with one attached hydrogen (secondary N) is 1. The van der Waals surface area contributed by atoms with Gasteiger partial charge in [0.25, 0.3) is 5.91 Å². The largest absolute Gasteiger partial charge is 0.397 e. The number of thiophene rings is 1. The van der Waals surface area contributed by atoms with E-state index in [1.54, 1.807) is 30.5 Å². The zero-order valence-corrected chi connectivity index (χ0v) is 12.9. The van der Waals surface area contributed by atoms with E-state index in [-0.39, 0.29) is 5.91 Å². The average Bonchev–Trinajstić information content (AvgIpc) is 2.82. The second-order valence-electron chi connectivity index (χ2n) is 4.26. The fourth-order valence-electron chi connectivity index (χ4n) is 1.90. The maximum atomic E-state index is 12.4. The number of amides is 1. The fraction of sp³-hybridized carbons (Fsp3) is 0. The van der Waals surface area contributed by atoms with Gasteiger partial charge in [0, 0.05) is 11.6 Å². The minimum Gasteiger partial charge on any atom is -0.397 e. The van der Waals surface area contributed by atoms with Gasteiger partial charge >= 0.3 is 0 Å². The second kappa shape index (κ2) is 5.52. The Labute approximate surface area is 134 Å². The third-order valence-electron chi connectivity index (χ3n) is 2.91. The molecule has 4 nitrogen and oxygen atoms in total. The molecule has 0 saturated heterocycles. The lowest BCUT2D eigenvalue weighted by molar-refractivity contribution is 0.103. The number of nitrogens with two attached hydrogens (primary N) is 1. The summed E-state index contributed by atoms with van der Waals surface area (Å²) >= 11 is 13.2. The predicted octanol–water partition coefficient (Wildman–Crippen LogP) is 4.44. The maximum Gasteiger partial charge on any atom is 0.267 e. The van der Waals surface area contributed by atoms with Gasteiger partial charge < -0.3 is 11.1 Å². The molecule has 1 aromatic carbocycles. The highest BCUT2D eigenvalue weighted by molar-refractivity contribution is 7.21. The van der Waals surface area contributed by atoms with E-state index in [4.69, 9.17) is 28.9 Å². The number of nitrogens with zero attached hydrogens (tertiary/aromatic N) is 1. The molecule has 0 radical (unpaired) electrons. The Morgan fingerprint density at radius 2 is 2.05 bits per heavy atom. The number of rotatable bonds is 2. The summed E-state index contributed by atoms with van der Waals surface area (Å²) in [6.45, 7) is 0. The van der Waals surface area contributed by atoms with Gasteiger partial charge in [0.15, 0.2) is 0 Å². The number of hydrogen-bond acceptors (Lipinski definition) is 4. The third-order valence-corrected chi connectivity index (χ3v) is 4.86. The summed E-state index contributed by atoms with van der Waals surface area (Å²) in [5.74, 6) is -0.334. The summed E-state index contributed by atoms with van der Waals surface area (Å²) in [6, 6.07) is 8.64. The first-order valence-electron chi connectivity index (χ1n) is 5.96. The Morgan fingerprint density at radius 1 is 1.24 bits per heavy atom. The first-order chi connectivity index (χ1) is 10.1. The van der Waals surface area contributed by atoms with Crippen LogP contribution in [0.3, 0.4) is 0 Å². The van der Waals surface area contributed by atoms with E-state index >= 15 is 0 Å². The number of aromatic nitrogens is 1. The van der Waals surface area contributed by atoms with Crippen molar-refractivity contribution in [1.82, 2.24) is 4.98 Å². The third kappa shape index (κ3) is 2.55. The highest BCUT2D eigenvalue weighted by atomic mass is 35.5. The van der Waals surface area contributed by atoms with Gasteiger partial charge in [-0.3, -0.25) is 4.79 Å². The molecule has 0 fully saturated rings. The van der Waals surface area contributed by atoms with Crippen LogP contribution in [0.15, 0.2) is 36.5 Å². The molecule has 0 bridgehead atoms. The summed E-state index contributed by atoms with van der Waals surface area (Å²) in [7, 11) is 0. The van der Waals surface area contributed by atoms with Crippen LogP contribution in [0.25, 0.3) is 10.2 Å². The molecular formula is C14H9Cl2N3OS. The van der Waals surface area contributed by atoms with Crippen molar-refractivity contribution >= 4 is 62.0 Å². The highest BCUT2D eigenvalue weighted by Gasteiger charge is 2.18. The molecule has 0 atom stereocenters. The van der Waals surface area contributed by atoms with Crippen molar-refractivity contribution in [3.05, 3.63) is 51.5 Å². The van der Waals surface area contributed by atoms with Gasteiger partial charge in [0.1, 0.15) is 9.71 Å². The number of benzene rings is 1. The Bertz CT molecular complexity index is 847. The van der Waals surface area contributed by atoms with Crippen molar-refractivity contribution in [2.75, 3.05) is 11.1 Å². The molecule has 0 aliphatic rings. The molecule has 3 N–H and O–H groups in total. The van der Waals surface area contributed by atoms with E-state index < -0.39 is 0 Å². The van der Waals surface area contributed by atoms with Crippen LogP contribution >= 0.6 is 34.5 Å². The summed E-state index contributed by atoms with van der Waals surface area (Å²) in [6.07, 6.45) is 1.66. The van der Waals surface area contributed by atoms with Crippen LogP contribution < -0.4 is 11.1 Å². The lowest BCUT2D eigenvalue weighted by Crippen LogP contribution is -2.12. The van der Waals surface area contributed by atoms with Gasteiger partial charge in [0.05, 0.1) is 21.4 Å². The number of fused-ring (bicyclic) bond motifs is 1. The number of hydrogen-bond donors (Lipinski definition) is 2. The Kier molecular flexibility index (Phi) is 3.71. The molecule has 7 heteroatoms. The average molecular weight is 338 g/mol. The molecule has 0 aliphatic heterocycles. The van der Waals surface area contributed by atoms with Gasteiger partial charge in [-0.25, -0.2) is 4.98 Å². The summed E-state index contributed by atoms with van der Waals surface area (Å²) in [5.41, 5.74) is 6.87. The normalized spacial score (nSPS) is 10.8. The van der Waals surface area contributed by atoms with Crippen molar-refractivity contribution in [3.8, 4) is 0 Å². The monoisotopic (exact) mass is 337 g/mol. The SMILES string of the molecule is Nc1c(C(=O)Nc2cccc(Cl)c2Cl)sc2ncccc12. The minimum atomic E-state index is -0.334. The number of nitrogen functional groups attached to an aromatic ring is 1. The molecule has 3 rings (SSSR count). The Morgan fingerprint density at radius 3 is 2.81 bits per heavy atom. The number of carbonyl (C=O) groups is 1. The number of anilines is 2. The van der Waals surface area contributed by atoms with E-state index in [9.17, 15) is 4.79 Å². The Hall–Kier alpha value is -1.82. The second-order valence-corrected chi connectivity index (χ2v) is 6.04. The van der Waals surface area contributed by atoms with Crippen LogP contribution in [-0.4, -0.2) is 10.9 Å². The minimum absolute atomic E-state index is 0.297. The van der Waals surface area contributed by atoms with E-state index in [2.05, 4.69) is 10.3 Å². The number of carbonyl (C=O) groups excluding carboxylic acids is 1. The van der Waals surface area contributed by atoms with Crippen molar-refractivity contribution in [1.29, 1.82) is 0 Å². The van der Waals surface area contributed by atoms with Crippen LogP contribution in [0.2, 0.25) is 10.0 Å².